The van der Waals surface area contributed by atoms with E-state index in [0.717, 1.165) is 0 Å². The molecule has 0 bridgehead atoms. The smallest absolute Gasteiger partial charge is 0.412 e. The number of hydrogen-bond donors (Lipinski definition) is 1. The minimum Gasteiger partial charge on any atom is -0.495 e. The van der Waals surface area contributed by atoms with Crippen LogP contribution < -0.4 is 10.1 Å². The Bertz CT molecular complexity index is 449. The highest BCUT2D eigenvalue weighted by Crippen LogP contribution is 2.25. The lowest BCUT2D eigenvalue weighted by molar-refractivity contribution is 0.0635. The van der Waals surface area contributed by atoms with Gasteiger partial charge in [0.25, 0.3) is 0 Å². The lowest BCUT2D eigenvalue weighted by atomic mass is 10.2. The summed E-state index contributed by atoms with van der Waals surface area (Å²) in [4.78, 5) is 22.3. The molecule has 0 atom stereocenters. The number of amides is 1. The second-order valence-corrected chi connectivity index (χ2v) is 4.70. The molecule has 1 rings (SSSR count). The van der Waals surface area contributed by atoms with Gasteiger partial charge in [-0.2, -0.15) is 0 Å². The highest BCUT2D eigenvalue weighted by atomic mass is 16.6. The van der Waals surface area contributed by atoms with E-state index in [9.17, 15) is 9.59 Å². The number of anilines is 1. The summed E-state index contributed by atoms with van der Waals surface area (Å²) in [6.07, 6.45) is 0.100. The number of hydrogen-bond acceptors (Lipinski definition) is 4. The summed E-state index contributed by atoms with van der Waals surface area (Å²) in [7, 11) is 1.48. The summed E-state index contributed by atoms with van der Waals surface area (Å²) in [5.74, 6) is 0.464. The van der Waals surface area contributed by atoms with Gasteiger partial charge in [0.2, 0.25) is 0 Å². The van der Waals surface area contributed by atoms with E-state index in [1.807, 2.05) is 0 Å². The summed E-state index contributed by atoms with van der Waals surface area (Å²) in [6.45, 7) is 5.31. The minimum atomic E-state index is -0.594. The van der Waals surface area contributed by atoms with E-state index in [1.54, 1.807) is 32.9 Å². The number of ether oxygens (including phenoxy) is 2. The van der Waals surface area contributed by atoms with E-state index in [4.69, 9.17) is 9.47 Å². The van der Waals surface area contributed by atoms with Crippen molar-refractivity contribution in [1.82, 2.24) is 0 Å². The van der Waals surface area contributed by atoms with Gasteiger partial charge in [-0.05, 0) is 39.0 Å². The first-order valence-corrected chi connectivity index (χ1v) is 5.49. The van der Waals surface area contributed by atoms with Crippen molar-refractivity contribution in [3.8, 4) is 5.75 Å². The van der Waals surface area contributed by atoms with E-state index in [1.165, 1.54) is 13.2 Å². The topological polar surface area (TPSA) is 64.6 Å². The predicted octanol–water partition coefficient (Wildman–Crippen LogP) is 2.85. The molecule has 0 fully saturated rings. The number of rotatable bonds is 3. The Labute approximate surface area is 106 Å². The summed E-state index contributed by atoms with van der Waals surface area (Å²) in [6, 6.07) is 4.73. The second kappa shape index (κ2) is 5.53. The van der Waals surface area contributed by atoms with Crippen LogP contribution in [0.25, 0.3) is 0 Å². The monoisotopic (exact) mass is 251 g/mol. The molecule has 1 aromatic carbocycles. The SMILES string of the molecule is COc1ccc(C=O)cc1NC(=O)OC(C)(C)C. The Balaban J connectivity index is 2.88. The van der Waals surface area contributed by atoms with Crippen LogP contribution in [0.4, 0.5) is 10.5 Å². The molecule has 1 aromatic rings. The maximum absolute atomic E-state index is 11.6. The number of carbonyl (C=O) groups is 2. The van der Waals surface area contributed by atoms with Gasteiger partial charge in [0.1, 0.15) is 17.6 Å². The summed E-state index contributed by atoms with van der Waals surface area (Å²) in [5.41, 5.74) is 0.262. The first-order valence-electron chi connectivity index (χ1n) is 5.49. The lowest BCUT2D eigenvalue weighted by Gasteiger charge is -2.20. The van der Waals surface area contributed by atoms with E-state index in [-0.39, 0.29) is 0 Å². The fourth-order valence-electron chi connectivity index (χ4n) is 1.31. The van der Waals surface area contributed by atoms with E-state index < -0.39 is 11.7 Å². The van der Waals surface area contributed by atoms with Gasteiger partial charge < -0.3 is 9.47 Å². The third-order valence-electron chi connectivity index (χ3n) is 2.00. The molecule has 1 N–H and O–H groups in total. The normalized spacial score (nSPS) is 10.7. The molecule has 98 valence electrons. The lowest BCUT2D eigenvalue weighted by Crippen LogP contribution is -2.27. The van der Waals surface area contributed by atoms with Crippen molar-refractivity contribution >= 4 is 18.1 Å². The molecule has 0 aliphatic rings. The molecule has 0 spiro atoms. The molecule has 0 saturated heterocycles. The average Bonchev–Trinajstić information content (AvgIpc) is 2.26. The number of benzene rings is 1. The second-order valence-electron chi connectivity index (χ2n) is 4.70. The molecule has 0 unspecified atom stereocenters. The molecule has 0 radical (unpaired) electrons. The summed E-state index contributed by atoms with van der Waals surface area (Å²) in [5, 5.41) is 2.55. The van der Waals surface area contributed by atoms with Crippen molar-refractivity contribution in [2.45, 2.75) is 26.4 Å². The van der Waals surface area contributed by atoms with Crippen LogP contribution in [0, 0.1) is 0 Å². The molecule has 0 aromatic heterocycles. The maximum atomic E-state index is 11.6. The molecule has 5 nitrogen and oxygen atoms in total. The fraction of sp³-hybridized carbons (Fsp3) is 0.385. The van der Waals surface area contributed by atoms with Crippen LogP contribution in [-0.4, -0.2) is 25.1 Å². The van der Waals surface area contributed by atoms with Gasteiger partial charge in [0.05, 0.1) is 12.8 Å². The van der Waals surface area contributed by atoms with Crippen LogP contribution in [0.15, 0.2) is 18.2 Å². The first-order chi connectivity index (χ1) is 8.35. The third-order valence-corrected chi connectivity index (χ3v) is 2.00. The van der Waals surface area contributed by atoms with Gasteiger partial charge in [0.15, 0.2) is 0 Å². The summed E-state index contributed by atoms with van der Waals surface area (Å²) >= 11 is 0. The highest BCUT2D eigenvalue weighted by Gasteiger charge is 2.17. The van der Waals surface area contributed by atoms with Crippen LogP contribution in [0.2, 0.25) is 0 Å². The Kier molecular flexibility index (Phi) is 4.31. The van der Waals surface area contributed by atoms with Crippen molar-refractivity contribution < 1.29 is 19.1 Å². The molecule has 5 heteroatoms. The summed E-state index contributed by atoms with van der Waals surface area (Å²) < 4.78 is 10.2. The predicted molar refractivity (Wildman–Crippen MR) is 68.2 cm³/mol. The number of carbonyl (C=O) groups excluding carboxylic acids is 2. The van der Waals surface area contributed by atoms with Crippen LogP contribution in [-0.2, 0) is 4.74 Å². The Morgan fingerprint density at radius 1 is 1.33 bits per heavy atom. The van der Waals surface area contributed by atoms with Crippen LogP contribution in [0.3, 0.4) is 0 Å². The molecular formula is C13H17NO4. The standard InChI is InChI=1S/C13H17NO4/c1-13(2,3)18-12(16)14-10-7-9(8-15)5-6-11(10)17-4/h5-8H,1-4H3,(H,14,16). The minimum absolute atomic E-state index is 0.399. The van der Waals surface area contributed by atoms with Gasteiger partial charge in [-0.3, -0.25) is 10.1 Å². The molecule has 0 aliphatic heterocycles. The van der Waals surface area contributed by atoms with Crippen molar-refractivity contribution in [3.05, 3.63) is 23.8 Å². The number of aldehydes is 1. The first kappa shape index (κ1) is 14.0. The van der Waals surface area contributed by atoms with E-state index in [2.05, 4.69) is 5.32 Å². The maximum Gasteiger partial charge on any atom is 0.412 e. The van der Waals surface area contributed by atoms with E-state index in [0.29, 0.717) is 23.3 Å². The van der Waals surface area contributed by atoms with Gasteiger partial charge >= 0.3 is 6.09 Å². The molecule has 0 aliphatic carbocycles. The molecule has 1 amide bonds. The fourth-order valence-corrected chi connectivity index (χ4v) is 1.31. The van der Waals surface area contributed by atoms with Gasteiger partial charge in [0, 0.05) is 5.56 Å². The Morgan fingerprint density at radius 2 is 2.00 bits per heavy atom. The van der Waals surface area contributed by atoms with Gasteiger partial charge in [-0.1, -0.05) is 0 Å². The quantitative estimate of drug-likeness (QED) is 0.839. The van der Waals surface area contributed by atoms with Crippen LogP contribution in [0.1, 0.15) is 31.1 Å². The zero-order chi connectivity index (χ0) is 13.8. The van der Waals surface area contributed by atoms with Crippen LogP contribution in [0.5, 0.6) is 5.75 Å². The van der Waals surface area contributed by atoms with Crippen molar-refractivity contribution in [3.63, 3.8) is 0 Å². The zero-order valence-electron chi connectivity index (χ0n) is 10.9. The van der Waals surface area contributed by atoms with Crippen molar-refractivity contribution in [2.24, 2.45) is 0 Å². The van der Waals surface area contributed by atoms with Crippen molar-refractivity contribution in [1.29, 1.82) is 0 Å². The Hall–Kier alpha value is -2.04. The molecular weight excluding hydrogens is 234 g/mol. The zero-order valence-corrected chi connectivity index (χ0v) is 10.9. The third kappa shape index (κ3) is 4.08. The molecule has 0 saturated carbocycles. The average molecular weight is 251 g/mol. The number of methoxy groups -OCH3 is 1. The molecule has 18 heavy (non-hydrogen) atoms. The van der Waals surface area contributed by atoms with Gasteiger partial charge in [-0.15, -0.1) is 0 Å². The highest BCUT2D eigenvalue weighted by molar-refractivity contribution is 5.89. The van der Waals surface area contributed by atoms with Crippen molar-refractivity contribution in [2.75, 3.05) is 12.4 Å². The van der Waals surface area contributed by atoms with E-state index >= 15 is 0 Å². The number of nitrogens with one attached hydrogen (secondary N) is 1. The van der Waals surface area contributed by atoms with Crippen LogP contribution >= 0.6 is 0 Å². The Morgan fingerprint density at radius 3 is 2.50 bits per heavy atom. The molecule has 0 heterocycles. The van der Waals surface area contributed by atoms with Gasteiger partial charge in [-0.25, -0.2) is 4.79 Å². The largest absolute Gasteiger partial charge is 0.495 e.